The number of carboxylic acid groups (broad SMARTS) is 1. The van der Waals surface area contributed by atoms with Gasteiger partial charge in [-0.05, 0) is 42.7 Å². The van der Waals surface area contributed by atoms with Crippen molar-refractivity contribution in [2.75, 3.05) is 6.54 Å². The van der Waals surface area contributed by atoms with Gasteiger partial charge in [0.05, 0.1) is 4.88 Å². The van der Waals surface area contributed by atoms with Gasteiger partial charge in [-0.3, -0.25) is 9.59 Å². The Morgan fingerprint density at radius 1 is 1.44 bits per heavy atom. The Morgan fingerprint density at radius 3 is 2.72 bits per heavy atom. The van der Waals surface area contributed by atoms with Gasteiger partial charge in [0.1, 0.15) is 0 Å². The maximum Gasteiger partial charge on any atom is 0.303 e. The van der Waals surface area contributed by atoms with Gasteiger partial charge in [-0.25, -0.2) is 0 Å². The summed E-state index contributed by atoms with van der Waals surface area (Å²) in [6.07, 6.45) is 1.66. The van der Waals surface area contributed by atoms with E-state index in [-0.39, 0.29) is 12.3 Å². The van der Waals surface area contributed by atoms with Crippen LogP contribution in [0.15, 0.2) is 11.4 Å². The number of carbonyl (C=O) groups is 2. The Labute approximate surface area is 111 Å². The third-order valence-electron chi connectivity index (χ3n) is 2.84. The Balaban J connectivity index is 2.24. The minimum Gasteiger partial charge on any atom is -0.481 e. The Hall–Kier alpha value is -1.36. The highest BCUT2D eigenvalue weighted by molar-refractivity contribution is 7.12. The fraction of sp³-hybridized carbons (Fsp3) is 0.538. The molecule has 0 aliphatic carbocycles. The number of aryl methyl sites for hydroxylation is 1. The quantitative estimate of drug-likeness (QED) is 0.799. The summed E-state index contributed by atoms with van der Waals surface area (Å²) < 4.78 is 0. The zero-order chi connectivity index (χ0) is 13.5. The molecule has 0 aliphatic rings. The fourth-order valence-electron chi connectivity index (χ4n) is 1.63. The highest BCUT2D eigenvalue weighted by atomic mass is 32.1. The van der Waals surface area contributed by atoms with Crippen LogP contribution in [0, 0.1) is 12.8 Å². The molecule has 0 fully saturated rings. The number of hydrogen-bond donors (Lipinski definition) is 2. The summed E-state index contributed by atoms with van der Waals surface area (Å²) in [5, 5.41) is 13.3. The van der Waals surface area contributed by atoms with E-state index < -0.39 is 5.97 Å². The fourth-order valence-corrected chi connectivity index (χ4v) is 2.47. The number of amides is 1. The predicted molar refractivity (Wildman–Crippen MR) is 72.0 cm³/mol. The molecule has 0 radical (unpaired) electrons. The lowest BCUT2D eigenvalue weighted by Gasteiger charge is -2.10. The molecule has 0 aliphatic heterocycles. The van der Waals surface area contributed by atoms with Crippen molar-refractivity contribution in [3.63, 3.8) is 0 Å². The van der Waals surface area contributed by atoms with Crippen molar-refractivity contribution < 1.29 is 14.7 Å². The second kappa shape index (κ2) is 7.16. The zero-order valence-electron chi connectivity index (χ0n) is 10.7. The molecule has 1 rings (SSSR count). The Bertz CT molecular complexity index is 414. The van der Waals surface area contributed by atoms with E-state index in [9.17, 15) is 9.59 Å². The van der Waals surface area contributed by atoms with Crippen LogP contribution in [0.25, 0.3) is 0 Å². The van der Waals surface area contributed by atoms with E-state index in [4.69, 9.17) is 5.11 Å². The average molecular weight is 269 g/mol. The van der Waals surface area contributed by atoms with Crippen molar-refractivity contribution in [2.24, 2.45) is 5.92 Å². The normalized spacial score (nSPS) is 12.1. The van der Waals surface area contributed by atoms with Crippen molar-refractivity contribution in [1.82, 2.24) is 5.32 Å². The van der Waals surface area contributed by atoms with Crippen molar-refractivity contribution >= 4 is 23.2 Å². The predicted octanol–water partition coefficient (Wildman–Crippen LogP) is 2.68. The molecule has 0 saturated heterocycles. The molecule has 1 aromatic heterocycles. The van der Waals surface area contributed by atoms with Gasteiger partial charge in [-0.15, -0.1) is 11.3 Å². The number of nitrogens with one attached hydrogen (secondary N) is 1. The van der Waals surface area contributed by atoms with E-state index in [1.807, 2.05) is 25.3 Å². The first kappa shape index (κ1) is 14.7. The number of rotatable bonds is 7. The summed E-state index contributed by atoms with van der Waals surface area (Å²) >= 11 is 1.44. The van der Waals surface area contributed by atoms with E-state index >= 15 is 0 Å². The molecule has 0 aromatic carbocycles. The number of hydrogen-bond acceptors (Lipinski definition) is 3. The van der Waals surface area contributed by atoms with E-state index in [2.05, 4.69) is 5.32 Å². The smallest absolute Gasteiger partial charge is 0.303 e. The van der Waals surface area contributed by atoms with Crippen LogP contribution in [0.4, 0.5) is 0 Å². The monoisotopic (exact) mass is 269 g/mol. The molecule has 1 atom stereocenters. The maximum atomic E-state index is 11.8. The zero-order valence-corrected chi connectivity index (χ0v) is 11.5. The molecule has 0 bridgehead atoms. The van der Waals surface area contributed by atoms with Gasteiger partial charge < -0.3 is 10.4 Å². The summed E-state index contributed by atoms with van der Waals surface area (Å²) in [5.74, 6) is -0.487. The summed E-state index contributed by atoms with van der Waals surface area (Å²) in [6, 6.07) is 1.93. The lowest BCUT2D eigenvalue weighted by molar-refractivity contribution is -0.137. The molecule has 5 heteroatoms. The number of carboxylic acids is 1. The maximum absolute atomic E-state index is 11.8. The SMILES string of the molecule is Cc1ccsc1C(=O)NCCC(C)CCC(=O)O. The lowest BCUT2D eigenvalue weighted by Crippen LogP contribution is -2.25. The van der Waals surface area contributed by atoms with Crippen LogP contribution in [-0.2, 0) is 4.79 Å². The van der Waals surface area contributed by atoms with Crippen molar-refractivity contribution in [2.45, 2.75) is 33.1 Å². The van der Waals surface area contributed by atoms with Crippen LogP contribution < -0.4 is 5.32 Å². The minimum atomic E-state index is -0.764. The van der Waals surface area contributed by atoms with E-state index in [1.165, 1.54) is 11.3 Å². The largest absolute Gasteiger partial charge is 0.481 e. The molecule has 0 saturated carbocycles. The third-order valence-corrected chi connectivity index (χ3v) is 3.86. The minimum absolute atomic E-state index is 0.0343. The van der Waals surface area contributed by atoms with Gasteiger partial charge in [0.15, 0.2) is 0 Å². The van der Waals surface area contributed by atoms with Crippen LogP contribution in [-0.4, -0.2) is 23.5 Å². The Morgan fingerprint density at radius 2 is 2.17 bits per heavy atom. The third kappa shape index (κ3) is 4.87. The summed E-state index contributed by atoms with van der Waals surface area (Å²) in [6.45, 7) is 4.52. The van der Waals surface area contributed by atoms with Crippen molar-refractivity contribution in [3.05, 3.63) is 21.9 Å². The standard InChI is InChI=1S/C13H19NO3S/c1-9(3-4-11(15)16)5-7-14-13(17)12-10(2)6-8-18-12/h6,8-9H,3-5,7H2,1-2H3,(H,14,17)(H,15,16). The van der Waals surface area contributed by atoms with E-state index in [1.54, 1.807) is 0 Å². The Kier molecular flexibility index (Phi) is 5.85. The lowest BCUT2D eigenvalue weighted by atomic mass is 10.0. The van der Waals surface area contributed by atoms with Gasteiger partial charge in [-0.2, -0.15) is 0 Å². The average Bonchev–Trinajstić information content (AvgIpc) is 2.72. The molecule has 1 aromatic rings. The van der Waals surface area contributed by atoms with Crippen LogP contribution in [0.3, 0.4) is 0 Å². The van der Waals surface area contributed by atoms with Gasteiger partial charge in [0.2, 0.25) is 0 Å². The molecular weight excluding hydrogens is 250 g/mol. The van der Waals surface area contributed by atoms with E-state index in [0.717, 1.165) is 16.9 Å². The molecule has 100 valence electrons. The van der Waals surface area contributed by atoms with Crippen LogP contribution in [0.2, 0.25) is 0 Å². The summed E-state index contributed by atoms with van der Waals surface area (Å²) in [5.41, 5.74) is 0.997. The van der Waals surface area contributed by atoms with Gasteiger partial charge in [-0.1, -0.05) is 6.92 Å². The van der Waals surface area contributed by atoms with Crippen LogP contribution >= 0.6 is 11.3 Å². The first-order valence-electron chi connectivity index (χ1n) is 6.04. The topological polar surface area (TPSA) is 66.4 Å². The van der Waals surface area contributed by atoms with Gasteiger partial charge in [0, 0.05) is 13.0 Å². The molecule has 1 unspecified atom stereocenters. The number of carbonyl (C=O) groups excluding carboxylic acids is 1. The molecule has 1 amide bonds. The first-order valence-corrected chi connectivity index (χ1v) is 6.92. The molecule has 1 heterocycles. The van der Waals surface area contributed by atoms with E-state index in [0.29, 0.717) is 18.9 Å². The summed E-state index contributed by atoms with van der Waals surface area (Å²) in [7, 11) is 0. The number of aliphatic carboxylic acids is 1. The highest BCUT2D eigenvalue weighted by Crippen LogP contribution is 2.15. The van der Waals surface area contributed by atoms with Crippen LogP contribution in [0.5, 0.6) is 0 Å². The second-order valence-corrected chi connectivity index (χ2v) is 5.43. The molecule has 2 N–H and O–H groups in total. The molecule has 4 nitrogen and oxygen atoms in total. The van der Waals surface area contributed by atoms with Crippen molar-refractivity contribution in [1.29, 1.82) is 0 Å². The summed E-state index contributed by atoms with van der Waals surface area (Å²) in [4.78, 5) is 22.9. The van der Waals surface area contributed by atoms with Gasteiger partial charge in [0.25, 0.3) is 5.91 Å². The van der Waals surface area contributed by atoms with Crippen LogP contribution in [0.1, 0.15) is 41.4 Å². The second-order valence-electron chi connectivity index (χ2n) is 4.51. The molecule has 0 spiro atoms. The molecule has 18 heavy (non-hydrogen) atoms. The first-order chi connectivity index (χ1) is 8.50. The van der Waals surface area contributed by atoms with Gasteiger partial charge >= 0.3 is 5.97 Å². The highest BCUT2D eigenvalue weighted by Gasteiger charge is 2.10. The molecular formula is C13H19NO3S. The number of thiophene rings is 1. The van der Waals surface area contributed by atoms with Crippen molar-refractivity contribution in [3.8, 4) is 0 Å².